The van der Waals surface area contributed by atoms with Crippen LogP contribution in [0.15, 0.2) is 60.7 Å². The van der Waals surface area contributed by atoms with Gasteiger partial charge in [-0.15, -0.1) is 0 Å². The summed E-state index contributed by atoms with van der Waals surface area (Å²) in [6.07, 6.45) is -4.23. The van der Waals surface area contributed by atoms with Crippen molar-refractivity contribution >= 4 is 41.1 Å². The number of hydrogen-bond acceptors (Lipinski definition) is 6. The molecule has 0 spiro atoms. The van der Waals surface area contributed by atoms with Gasteiger partial charge in [0.05, 0.1) is 49.1 Å². The van der Waals surface area contributed by atoms with Crippen molar-refractivity contribution in [3.8, 4) is 17.2 Å². The predicted octanol–water partition coefficient (Wildman–Crippen LogP) is 6.75. The molecule has 0 amide bonds. The third-order valence-electron chi connectivity index (χ3n) is 5.37. The third-order valence-corrected chi connectivity index (χ3v) is 6.39. The summed E-state index contributed by atoms with van der Waals surface area (Å²) in [5, 5.41) is 0.585. The molecule has 0 aliphatic rings. The molecule has 198 valence electrons. The van der Waals surface area contributed by atoms with Crippen LogP contribution in [0.5, 0.6) is 17.2 Å². The fourth-order valence-electron chi connectivity index (χ4n) is 3.36. The minimum Gasteiger partial charge on any atom is -0.497 e. The number of ether oxygens (including phenoxy) is 5. The molecule has 0 fully saturated rings. The molecule has 37 heavy (non-hydrogen) atoms. The van der Waals surface area contributed by atoms with E-state index in [1.54, 1.807) is 50.6 Å². The third kappa shape index (κ3) is 8.48. The molecule has 3 aromatic carbocycles. The van der Waals surface area contributed by atoms with Crippen LogP contribution in [0.4, 0.5) is 4.39 Å². The molecule has 10 heteroatoms. The van der Waals surface area contributed by atoms with Crippen LogP contribution in [0.25, 0.3) is 0 Å². The van der Waals surface area contributed by atoms with E-state index in [0.717, 1.165) is 11.1 Å². The van der Waals surface area contributed by atoms with Gasteiger partial charge in [0.25, 0.3) is 0 Å². The van der Waals surface area contributed by atoms with Crippen LogP contribution < -0.4 is 14.2 Å². The molecular formula is C27H26Cl3FO6. The molecule has 0 saturated carbocycles. The van der Waals surface area contributed by atoms with Crippen LogP contribution in [0.2, 0.25) is 15.1 Å². The molecule has 0 aromatic heterocycles. The van der Waals surface area contributed by atoms with Crippen LogP contribution in [0, 0.1) is 0 Å². The molecule has 0 unspecified atom stereocenters. The van der Waals surface area contributed by atoms with Gasteiger partial charge in [-0.2, -0.15) is 0 Å². The summed E-state index contributed by atoms with van der Waals surface area (Å²) in [6.45, 7) is 0.0860. The van der Waals surface area contributed by atoms with Gasteiger partial charge in [-0.05, 0) is 41.5 Å². The van der Waals surface area contributed by atoms with Gasteiger partial charge in [-0.25, -0.2) is 4.39 Å². The highest BCUT2D eigenvalue weighted by Crippen LogP contribution is 2.35. The lowest BCUT2D eigenvalue weighted by atomic mass is 10.1. The van der Waals surface area contributed by atoms with Crippen LogP contribution >= 0.6 is 34.8 Å². The molecule has 6 nitrogen and oxygen atoms in total. The number of hydrogen-bond donors (Lipinski definition) is 0. The normalized spacial score (nSPS) is 13.5. The summed E-state index contributed by atoms with van der Waals surface area (Å²) in [6, 6.07) is 17.2. The summed E-state index contributed by atoms with van der Waals surface area (Å²) in [4.78, 5) is 11.5. The van der Waals surface area contributed by atoms with Crippen LogP contribution in [0.1, 0.15) is 11.1 Å². The monoisotopic (exact) mass is 570 g/mol. The highest BCUT2D eigenvalue weighted by molar-refractivity contribution is 6.43. The summed E-state index contributed by atoms with van der Waals surface area (Å²) < 4.78 is 42.9. The first kappa shape index (κ1) is 29.0. The van der Waals surface area contributed by atoms with Crippen molar-refractivity contribution in [1.82, 2.24) is 0 Å². The maximum Gasteiger partial charge on any atom is 0.185 e. The summed E-state index contributed by atoms with van der Waals surface area (Å²) in [5.41, 5.74) is 1.60. The van der Waals surface area contributed by atoms with Crippen molar-refractivity contribution < 1.29 is 32.9 Å². The number of methoxy groups -OCH3 is 2. The van der Waals surface area contributed by atoms with Gasteiger partial charge in [0, 0.05) is 6.07 Å². The molecule has 3 aromatic rings. The molecule has 0 saturated heterocycles. The van der Waals surface area contributed by atoms with E-state index in [1.807, 2.05) is 12.1 Å². The molecule has 3 rings (SSSR count). The Kier molecular flexibility index (Phi) is 11.3. The van der Waals surface area contributed by atoms with Crippen molar-refractivity contribution in [3.63, 3.8) is 0 Å². The van der Waals surface area contributed by atoms with Gasteiger partial charge in [-0.3, -0.25) is 0 Å². The van der Waals surface area contributed by atoms with E-state index in [1.165, 1.54) is 12.1 Å². The standard InChI is InChI=1S/C27H26Cl3FO6/c1-33-19-7-3-17(4-8-19)14-35-16-26(37-25-12-22(29)21(28)11-23(25)30)27(24(31)13-32)36-15-18-5-9-20(34-2)10-6-18/h3-13,24,26-27H,14-16H2,1-2H3/t24-,26+,27-/m0/s1. The van der Waals surface area contributed by atoms with Crippen molar-refractivity contribution in [2.45, 2.75) is 31.6 Å². The van der Waals surface area contributed by atoms with E-state index in [9.17, 15) is 9.18 Å². The molecule has 0 radical (unpaired) electrons. The zero-order valence-electron chi connectivity index (χ0n) is 20.2. The van der Waals surface area contributed by atoms with Crippen LogP contribution in [-0.4, -0.2) is 45.5 Å². The highest BCUT2D eigenvalue weighted by atomic mass is 35.5. The first-order valence-electron chi connectivity index (χ1n) is 11.2. The maximum atomic E-state index is 14.9. The number of halogens is 4. The smallest absolute Gasteiger partial charge is 0.185 e. The Labute approximate surface area is 230 Å². The second-order valence-corrected chi connectivity index (χ2v) is 9.14. The number of alkyl halides is 1. The van der Waals surface area contributed by atoms with E-state index in [4.69, 9.17) is 58.5 Å². The quantitative estimate of drug-likeness (QED) is 0.158. The van der Waals surface area contributed by atoms with E-state index < -0.39 is 18.4 Å². The van der Waals surface area contributed by atoms with Crippen molar-refractivity contribution in [2.24, 2.45) is 0 Å². The molecule has 3 atom stereocenters. The molecule has 0 aliphatic heterocycles. The van der Waals surface area contributed by atoms with E-state index in [-0.39, 0.29) is 46.9 Å². The van der Waals surface area contributed by atoms with E-state index in [0.29, 0.717) is 11.5 Å². The largest absolute Gasteiger partial charge is 0.497 e. The van der Waals surface area contributed by atoms with E-state index >= 15 is 0 Å². The van der Waals surface area contributed by atoms with Crippen molar-refractivity contribution in [3.05, 3.63) is 86.9 Å². The predicted molar refractivity (Wildman–Crippen MR) is 141 cm³/mol. The first-order valence-corrected chi connectivity index (χ1v) is 12.3. The Bertz CT molecular complexity index is 1140. The number of carbonyl (C=O) groups excluding carboxylic acids is 1. The van der Waals surface area contributed by atoms with Gasteiger partial charge >= 0.3 is 0 Å². The zero-order chi connectivity index (χ0) is 26.8. The fraction of sp³-hybridized carbons (Fsp3) is 0.296. The average Bonchev–Trinajstić information content (AvgIpc) is 2.92. The van der Waals surface area contributed by atoms with Gasteiger partial charge in [0.15, 0.2) is 18.6 Å². The molecule has 0 aliphatic carbocycles. The topological polar surface area (TPSA) is 63.2 Å². The number of rotatable bonds is 14. The van der Waals surface area contributed by atoms with Gasteiger partial charge in [0.1, 0.15) is 23.4 Å². The Morgan fingerprint density at radius 1 is 0.811 bits per heavy atom. The lowest BCUT2D eigenvalue weighted by Gasteiger charge is -2.29. The van der Waals surface area contributed by atoms with Gasteiger partial charge < -0.3 is 28.5 Å². The minimum absolute atomic E-state index is 0.0103. The fourth-order valence-corrected chi connectivity index (χ4v) is 3.95. The Morgan fingerprint density at radius 3 is 1.89 bits per heavy atom. The van der Waals surface area contributed by atoms with Gasteiger partial charge in [0.2, 0.25) is 0 Å². The number of aldehydes is 1. The lowest BCUT2D eigenvalue weighted by Crippen LogP contribution is -2.44. The number of carbonyl (C=O) groups is 1. The molecule has 0 bridgehead atoms. The second-order valence-electron chi connectivity index (χ2n) is 7.92. The minimum atomic E-state index is -2.01. The molecule has 0 N–H and O–H groups in total. The SMILES string of the molecule is COc1ccc(COC[C@@H](Oc2cc(Cl)c(Cl)cc2Cl)[C@@H](OCc2ccc(OC)cc2)[C@@H](F)C=O)cc1. The Morgan fingerprint density at radius 2 is 1.35 bits per heavy atom. The summed E-state index contributed by atoms with van der Waals surface area (Å²) >= 11 is 18.4. The van der Waals surface area contributed by atoms with E-state index in [2.05, 4.69) is 0 Å². The maximum absolute atomic E-state index is 14.9. The molecule has 0 heterocycles. The van der Waals surface area contributed by atoms with Gasteiger partial charge in [-0.1, -0.05) is 59.1 Å². The molecular weight excluding hydrogens is 546 g/mol. The lowest BCUT2D eigenvalue weighted by molar-refractivity contribution is -0.129. The zero-order valence-corrected chi connectivity index (χ0v) is 22.4. The Balaban J connectivity index is 1.80. The second kappa shape index (κ2) is 14.4. The number of benzene rings is 3. The summed E-state index contributed by atoms with van der Waals surface area (Å²) in [7, 11) is 3.13. The van der Waals surface area contributed by atoms with Crippen LogP contribution in [0.3, 0.4) is 0 Å². The average molecular weight is 572 g/mol. The first-order chi connectivity index (χ1) is 17.8. The van der Waals surface area contributed by atoms with Crippen molar-refractivity contribution in [1.29, 1.82) is 0 Å². The Hall–Kier alpha value is -2.55. The van der Waals surface area contributed by atoms with Crippen molar-refractivity contribution in [2.75, 3.05) is 20.8 Å². The summed E-state index contributed by atoms with van der Waals surface area (Å²) in [5.74, 6) is 1.52. The van der Waals surface area contributed by atoms with Crippen LogP contribution in [-0.2, 0) is 27.5 Å². The highest BCUT2D eigenvalue weighted by Gasteiger charge is 2.33.